The molecule has 0 aromatic heterocycles. The van der Waals surface area contributed by atoms with Gasteiger partial charge in [0.25, 0.3) is 0 Å². The second-order valence-electron chi connectivity index (χ2n) is 5.67. The molecule has 1 rings (SSSR count). The Morgan fingerprint density at radius 3 is 2.23 bits per heavy atom. The van der Waals surface area contributed by atoms with Crippen molar-refractivity contribution in [2.45, 2.75) is 58.3 Å². The molecule has 0 saturated carbocycles. The topological polar surface area (TPSA) is 73.6 Å². The molecule has 0 atom stereocenters. The minimum atomic E-state index is 0.148. The van der Waals surface area contributed by atoms with Crippen molar-refractivity contribution >= 4 is 5.96 Å². The number of guanidine groups is 1. The lowest BCUT2D eigenvalue weighted by Gasteiger charge is -2.07. The molecule has 0 unspecified atom stereocenters. The zero-order valence-corrected chi connectivity index (χ0v) is 13.9. The summed E-state index contributed by atoms with van der Waals surface area (Å²) in [5.74, 6) is 1.09. The number of ether oxygens (including phenoxy) is 1. The van der Waals surface area contributed by atoms with Gasteiger partial charge >= 0.3 is 0 Å². The fourth-order valence-corrected chi connectivity index (χ4v) is 2.32. The van der Waals surface area contributed by atoms with Crippen LogP contribution in [0.1, 0.15) is 57.4 Å². The molecule has 4 N–H and O–H groups in total. The predicted octanol–water partition coefficient (Wildman–Crippen LogP) is 3.63. The third kappa shape index (κ3) is 9.27. The van der Waals surface area contributed by atoms with Gasteiger partial charge in [-0.25, -0.2) is 0 Å². The Morgan fingerprint density at radius 2 is 1.59 bits per heavy atom. The summed E-state index contributed by atoms with van der Waals surface area (Å²) in [6.07, 6.45) is 9.98. The summed E-state index contributed by atoms with van der Waals surface area (Å²) in [5.41, 5.74) is 11.8. The van der Waals surface area contributed by atoms with Gasteiger partial charge in [0.1, 0.15) is 5.75 Å². The minimum Gasteiger partial charge on any atom is -0.494 e. The Morgan fingerprint density at radius 1 is 0.955 bits per heavy atom. The summed E-state index contributed by atoms with van der Waals surface area (Å²) in [7, 11) is 0. The molecule has 0 saturated heterocycles. The van der Waals surface area contributed by atoms with E-state index in [9.17, 15) is 0 Å². The number of benzene rings is 1. The average Bonchev–Trinajstić information content (AvgIpc) is 2.51. The molecule has 1 aromatic rings. The smallest absolute Gasteiger partial charge is 0.185 e. The van der Waals surface area contributed by atoms with Crippen molar-refractivity contribution in [2.24, 2.45) is 16.5 Å². The van der Waals surface area contributed by atoms with Crippen LogP contribution in [-0.4, -0.2) is 19.1 Å². The third-order valence-electron chi connectivity index (χ3n) is 3.63. The third-order valence-corrected chi connectivity index (χ3v) is 3.63. The zero-order chi connectivity index (χ0) is 16.0. The molecule has 0 amide bonds. The molecule has 4 heteroatoms. The maximum absolute atomic E-state index is 5.76. The van der Waals surface area contributed by atoms with Crippen LogP contribution in [0.4, 0.5) is 0 Å². The van der Waals surface area contributed by atoms with Crippen LogP contribution < -0.4 is 16.2 Å². The number of unbranched alkanes of at least 4 members (excludes halogenated alkanes) is 6. The van der Waals surface area contributed by atoms with Gasteiger partial charge in [-0.3, -0.25) is 4.99 Å². The Bertz CT molecular complexity index is 411. The number of nitrogens with zero attached hydrogens (tertiary/aromatic N) is 1. The molecule has 124 valence electrons. The van der Waals surface area contributed by atoms with E-state index in [4.69, 9.17) is 16.2 Å². The fraction of sp³-hybridized carbons (Fsp3) is 0.611. The lowest BCUT2D eigenvalue weighted by Crippen LogP contribution is -2.23. The number of rotatable bonds is 12. The van der Waals surface area contributed by atoms with Crippen LogP contribution in [0.15, 0.2) is 29.3 Å². The maximum Gasteiger partial charge on any atom is 0.185 e. The van der Waals surface area contributed by atoms with Gasteiger partial charge in [0, 0.05) is 6.54 Å². The monoisotopic (exact) mass is 305 g/mol. The van der Waals surface area contributed by atoms with E-state index in [-0.39, 0.29) is 5.96 Å². The normalized spacial score (nSPS) is 10.4. The average molecular weight is 305 g/mol. The first-order valence-corrected chi connectivity index (χ1v) is 8.49. The molecule has 1 aromatic carbocycles. The highest BCUT2D eigenvalue weighted by Crippen LogP contribution is 2.14. The van der Waals surface area contributed by atoms with E-state index in [1.54, 1.807) is 0 Å². The van der Waals surface area contributed by atoms with Crippen molar-refractivity contribution in [1.82, 2.24) is 0 Å². The van der Waals surface area contributed by atoms with E-state index in [1.807, 2.05) is 12.1 Å². The molecule has 4 nitrogen and oxygen atoms in total. The molecule has 0 spiro atoms. The Kier molecular flexibility index (Phi) is 9.92. The van der Waals surface area contributed by atoms with Crippen molar-refractivity contribution in [2.75, 3.05) is 13.2 Å². The van der Waals surface area contributed by atoms with E-state index >= 15 is 0 Å². The highest BCUT2D eigenvalue weighted by Gasteiger charge is 1.97. The predicted molar refractivity (Wildman–Crippen MR) is 94.3 cm³/mol. The summed E-state index contributed by atoms with van der Waals surface area (Å²) in [4.78, 5) is 3.98. The van der Waals surface area contributed by atoms with Crippen LogP contribution in [0.2, 0.25) is 0 Å². The first-order valence-electron chi connectivity index (χ1n) is 8.49. The molecule has 0 radical (unpaired) electrons. The lowest BCUT2D eigenvalue weighted by atomic mass is 10.1. The molecule has 0 bridgehead atoms. The summed E-state index contributed by atoms with van der Waals surface area (Å²) in [6.45, 7) is 3.68. The van der Waals surface area contributed by atoms with Crippen LogP contribution in [0.5, 0.6) is 5.75 Å². The number of nitrogens with two attached hydrogens (primary N) is 2. The van der Waals surface area contributed by atoms with Crippen LogP contribution in [0.3, 0.4) is 0 Å². The Balaban J connectivity index is 2.10. The fourth-order valence-electron chi connectivity index (χ4n) is 2.32. The van der Waals surface area contributed by atoms with Gasteiger partial charge in [-0.2, -0.15) is 0 Å². The first-order chi connectivity index (χ1) is 10.7. The van der Waals surface area contributed by atoms with E-state index in [0.29, 0.717) is 6.54 Å². The van der Waals surface area contributed by atoms with Crippen LogP contribution in [-0.2, 0) is 6.42 Å². The van der Waals surface area contributed by atoms with Gasteiger partial charge in [0.05, 0.1) is 6.61 Å². The highest BCUT2D eigenvalue weighted by atomic mass is 16.5. The van der Waals surface area contributed by atoms with Crippen molar-refractivity contribution < 1.29 is 4.74 Å². The van der Waals surface area contributed by atoms with E-state index in [0.717, 1.165) is 25.2 Å². The van der Waals surface area contributed by atoms with Gasteiger partial charge in [0.15, 0.2) is 5.96 Å². The summed E-state index contributed by atoms with van der Waals surface area (Å²) >= 11 is 0. The van der Waals surface area contributed by atoms with E-state index < -0.39 is 0 Å². The van der Waals surface area contributed by atoms with Crippen molar-refractivity contribution in [3.63, 3.8) is 0 Å². The lowest BCUT2D eigenvalue weighted by molar-refractivity contribution is 0.304. The van der Waals surface area contributed by atoms with Crippen molar-refractivity contribution in [3.8, 4) is 5.75 Å². The summed E-state index contributed by atoms with van der Waals surface area (Å²) < 4.78 is 5.76. The van der Waals surface area contributed by atoms with Gasteiger partial charge in [-0.15, -0.1) is 0 Å². The zero-order valence-electron chi connectivity index (χ0n) is 13.9. The van der Waals surface area contributed by atoms with E-state index in [1.165, 1.54) is 44.1 Å². The summed E-state index contributed by atoms with van der Waals surface area (Å²) in [6, 6.07) is 8.18. The molecular formula is C18H31N3O. The molecule has 0 aliphatic heterocycles. The highest BCUT2D eigenvalue weighted by molar-refractivity contribution is 5.75. The molecule has 0 fully saturated rings. The van der Waals surface area contributed by atoms with Crippen molar-refractivity contribution in [1.29, 1.82) is 0 Å². The van der Waals surface area contributed by atoms with Crippen molar-refractivity contribution in [3.05, 3.63) is 29.8 Å². The molecule has 0 aliphatic carbocycles. The Hall–Kier alpha value is -1.71. The number of hydrogen-bond acceptors (Lipinski definition) is 2. The van der Waals surface area contributed by atoms with Gasteiger partial charge in [0.2, 0.25) is 0 Å². The van der Waals surface area contributed by atoms with E-state index in [2.05, 4.69) is 24.0 Å². The van der Waals surface area contributed by atoms with Crippen LogP contribution >= 0.6 is 0 Å². The molecule has 0 aliphatic rings. The largest absolute Gasteiger partial charge is 0.494 e. The number of hydrogen-bond donors (Lipinski definition) is 2. The maximum atomic E-state index is 5.76. The standard InChI is InChI=1S/C18H31N3O/c1-2-3-4-5-6-7-8-15-22-17-11-9-16(10-12-17)13-14-21-18(19)20/h9-12H,2-8,13-15H2,1H3,(H4,19,20,21). The van der Waals surface area contributed by atoms with Gasteiger partial charge in [-0.05, 0) is 30.5 Å². The minimum absolute atomic E-state index is 0.148. The summed E-state index contributed by atoms with van der Waals surface area (Å²) in [5, 5.41) is 0. The Labute approximate surface area is 134 Å². The SMILES string of the molecule is CCCCCCCCCOc1ccc(CCN=C(N)N)cc1. The molecular weight excluding hydrogens is 274 g/mol. The second-order valence-corrected chi connectivity index (χ2v) is 5.67. The second kappa shape index (κ2) is 11.9. The van der Waals surface area contributed by atoms with Gasteiger partial charge in [-0.1, -0.05) is 57.6 Å². The van der Waals surface area contributed by atoms with Crippen LogP contribution in [0, 0.1) is 0 Å². The quantitative estimate of drug-likeness (QED) is 0.352. The first kappa shape index (κ1) is 18.3. The molecule has 0 heterocycles. The molecule has 22 heavy (non-hydrogen) atoms. The van der Waals surface area contributed by atoms with Gasteiger partial charge < -0.3 is 16.2 Å². The van der Waals surface area contributed by atoms with Crippen LogP contribution in [0.25, 0.3) is 0 Å². The number of aliphatic imine (C=N–C) groups is 1.